The zero-order chi connectivity index (χ0) is 20.5. The van der Waals surface area contributed by atoms with Crippen molar-refractivity contribution in [2.75, 3.05) is 10.2 Å². The normalized spacial score (nSPS) is 15.0. The Balaban J connectivity index is 1.85. The molecule has 1 atom stereocenters. The van der Waals surface area contributed by atoms with E-state index in [1.54, 1.807) is 37.8 Å². The van der Waals surface area contributed by atoms with Gasteiger partial charge in [-0.2, -0.15) is 0 Å². The minimum Gasteiger partial charge on any atom is -0.444 e. The Bertz CT molecular complexity index is 908. The molecule has 0 saturated carbocycles. The molecule has 28 heavy (non-hydrogen) atoms. The maximum absolute atomic E-state index is 12.7. The van der Waals surface area contributed by atoms with E-state index in [-0.39, 0.29) is 11.9 Å². The van der Waals surface area contributed by atoms with Crippen molar-refractivity contribution in [3.05, 3.63) is 52.7 Å². The van der Waals surface area contributed by atoms with Gasteiger partial charge in [0.05, 0.1) is 17.4 Å². The van der Waals surface area contributed by atoms with Crippen LogP contribution < -0.4 is 10.2 Å². The van der Waals surface area contributed by atoms with Gasteiger partial charge in [-0.25, -0.2) is 9.78 Å². The van der Waals surface area contributed by atoms with Gasteiger partial charge in [-0.1, -0.05) is 23.7 Å². The van der Waals surface area contributed by atoms with E-state index >= 15 is 0 Å². The van der Waals surface area contributed by atoms with Crippen LogP contribution in [-0.4, -0.2) is 22.6 Å². The standard InChI is InChI=1S/C21H24ClN3O3/c1-13(14-6-5-7-15(22)12-14)25-17-9-10-18(23-16(17)8-11-19(25)26)24-20(27)28-21(2,3)4/h5-7,9-10,12-13H,8,11H2,1-4H3,(H,23,24,27). The highest BCUT2D eigenvalue weighted by atomic mass is 35.5. The van der Waals surface area contributed by atoms with Gasteiger partial charge in [0, 0.05) is 17.9 Å². The molecule has 2 aromatic rings. The number of nitrogens with zero attached hydrogens (tertiary/aromatic N) is 2. The smallest absolute Gasteiger partial charge is 0.413 e. The first-order valence-corrected chi connectivity index (χ1v) is 9.59. The Morgan fingerprint density at radius 2 is 2.00 bits per heavy atom. The molecule has 0 fully saturated rings. The number of benzene rings is 1. The number of halogens is 1. The predicted molar refractivity (Wildman–Crippen MR) is 110 cm³/mol. The molecule has 0 radical (unpaired) electrons. The summed E-state index contributed by atoms with van der Waals surface area (Å²) < 4.78 is 5.26. The van der Waals surface area contributed by atoms with Crippen molar-refractivity contribution in [3.63, 3.8) is 0 Å². The summed E-state index contributed by atoms with van der Waals surface area (Å²) in [6.07, 6.45) is 0.327. The Morgan fingerprint density at radius 1 is 1.25 bits per heavy atom. The molecule has 0 bridgehead atoms. The van der Waals surface area contributed by atoms with Gasteiger partial charge in [0.15, 0.2) is 0 Å². The minimum atomic E-state index is -0.589. The van der Waals surface area contributed by atoms with Crippen molar-refractivity contribution in [2.45, 2.75) is 52.2 Å². The summed E-state index contributed by atoms with van der Waals surface area (Å²) in [6.45, 7) is 7.36. The van der Waals surface area contributed by atoms with Gasteiger partial charge in [-0.15, -0.1) is 0 Å². The molecule has 1 unspecified atom stereocenters. The number of aromatic nitrogens is 1. The van der Waals surface area contributed by atoms with Crippen LogP contribution in [0.2, 0.25) is 5.02 Å². The maximum atomic E-state index is 12.7. The number of hydrogen-bond acceptors (Lipinski definition) is 4. The summed E-state index contributed by atoms with van der Waals surface area (Å²) in [5, 5.41) is 3.28. The SMILES string of the molecule is CC(c1cccc(Cl)c1)N1C(=O)CCc2nc(NC(=O)OC(C)(C)C)ccc21. The molecule has 6 nitrogen and oxygen atoms in total. The topological polar surface area (TPSA) is 71.5 Å². The molecule has 3 rings (SSSR count). The van der Waals surface area contributed by atoms with Gasteiger partial charge in [0.2, 0.25) is 5.91 Å². The number of nitrogens with one attached hydrogen (secondary N) is 1. The number of carbonyl (C=O) groups excluding carboxylic acids is 2. The van der Waals surface area contributed by atoms with E-state index in [0.717, 1.165) is 16.9 Å². The van der Waals surface area contributed by atoms with Crippen LogP contribution in [0.15, 0.2) is 36.4 Å². The average molecular weight is 402 g/mol. The zero-order valence-corrected chi connectivity index (χ0v) is 17.2. The highest BCUT2D eigenvalue weighted by molar-refractivity contribution is 6.30. The molecule has 1 N–H and O–H groups in total. The molecule has 0 saturated heterocycles. The molecular formula is C21H24ClN3O3. The Morgan fingerprint density at radius 3 is 2.68 bits per heavy atom. The van der Waals surface area contributed by atoms with Crippen LogP contribution in [0.5, 0.6) is 0 Å². The quantitative estimate of drug-likeness (QED) is 0.774. The second-order valence-electron chi connectivity index (χ2n) is 7.78. The van der Waals surface area contributed by atoms with Crippen molar-refractivity contribution in [2.24, 2.45) is 0 Å². The summed E-state index contributed by atoms with van der Waals surface area (Å²) in [5.74, 6) is 0.437. The lowest BCUT2D eigenvalue weighted by atomic mass is 10.0. The third-order valence-corrected chi connectivity index (χ3v) is 4.64. The van der Waals surface area contributed by atoms with Crippen LogP contribution >= 0.6 is 11.6 Å². The van der Waals surface area contributed by atoms with E-state index in [2.05, 4.69) is 10.3 Å². The van der Waals surface area contributed by atoms with Gasteiger partial charge < -0.3 is 9.64 Å². The number of anilines is 2. The second-order valence-corrected chi connectivity index (χ2v) is 8.22. The molecule has 1 aromatic carbocycles. The zero-order valence-electron chi connectivity index (χ0n) is 16.5. The maximum Gasteiger partial charge on any atom is 0.413 e. The third kappa shape index (κ3) is 4.62. The fourth-order valence-electron chi connectivity index (χ4n) is 3.20. The summed E-state index contributed by atoms with van der Waals surface area (Å²) >= 11 is 6.11. The Kier molecular flexibility index (Phi) is 5.61. The highest BCUT2D eigenvalue weighted by Crippen LogP contribution is 2.35. The van der Waals surface area contributed by atoms with Crippen LogP contribution in [0.4, 0.5) is 16.3 Å². The molecule has 1 aromatic heterocycles. The number of fused-ring (bicyclic) bond motifs is 1. The van der Waals surface area contributed by atoms with Crippen molar-refractivity contribution < 1.29 is 14.3 Å². The summed E-state index contributed by atoms with van der Waals surface area (Å²) in [4.78, 5) is 30.9. The van der Waals surface area contributed by atoms with Gasteiger partial charge in [0.1, 0.15) is 11.4 Å². The third-order valence-electron chi connectivity index (χ3n) is 4.40. The molecule has 2 heterocycles. The first kappa shape index (κ1) is 20.1. The summed E-state index contributed by atoms with van der Waals surface area (Å²) in [5.41, 5.74) is 1.87. The first-order valence-electron chi connectivity index (χ1n) is 9.21. The minimum absolute atomic E-state index is 0.0367. The van der Waals surface area contributed by atoms with Crippen LogP contribution in [-0.2, 0) is 16.0 Å². The van der Waals surface area contributed by atoms with E-state index in [4.69, 9.17) is 16.3 Å². The number of aryl methyl sites for hydroxylation is 1. The lowest BCUT2D eigenvalue weighted by molar-refractivity contribution is -0.119. The van der Waals surface area contributed by atoms with Gasteiger partial charge in [-0.3, -0.25) is 10.1 Å². The lowest BCUT2D eigenvalue weighted by Gasteiger charge is -2.34. The van der Waals surface area contributed by atoms with Crippen molar-refractivity contribution in [1.29, 1.82) is 0 Å². The Labute approximate surface area is 169 Å². The lowest BCUT2D eigenvalue weighted by Crippen LogP contribution is -2.37. The molecule has 0 aliphatic carbocycles. The van der Waals surface area contributed by atoms with Crippen molar-refractivity contribution >= 4 is 35.1 Å². The van der Waals surface area contributed by atoms with E-state index in [1.807, 2.05) is 31.2 Å². The predicted octanol–water partition coefficient (Wildman–Crippen LogP) is 5.12. The number of carbonyl (C=O) groups is 2. The summed E-state index contributed by atoms with van der Waals surface area (Å²) in [6, 6.07) is 10.8. The van der Waals surface area contributed by atoms with Crippen LogP contribution in [0.3, 0.4) is 0 Å². The van der Waals surface area contributed by atoms with E-state index in [1.165, 1.54) is 0 Å². The molecular weight excluding hydrogens is 378 g/mol. The number of hydrogen-bond donors (Lipinski definition) is 1. The molecule has 0 spiro atoms. The van der Waals surface area contributed by atoms with Crippen molar-refractivity contribution in [3.8, 4) is 0 Å². The van der Waals surface area contributed by atoms with E-state index < -0.39 is 11.7 Å². The van der Waals surface area contributed by atoms with E-state index in [0.29, 0.717) is 23.7 Å². The Hall–Kier alpha value is -2.60. The number of rotatable bonds is 3. The van der Waals surface area contributed by atoms with Crippen LogP contribution in [0, 0.1) is 0 Å². The second kappa shape index (κ2) is 7.80. The van der Waals surface area contributed by atoms with Crippen LogP contribution in [0.25, 0.3) is 0 Å². The van der Waals surface area contributed by atoms with Gasteiger partial charge in [-0.05, 0) is 57.5 Å². The van der Waals surface area contributed by atoms with Crippen LogP contribution in [0.1, 0.15) is 51.4 Å². The fourth-order valence-corrected chi connectivity index (χ4v) is 3.39. The van der Waals surface area contributed by atoms with E-state index in [9.17, 15) is 9.59 Å². The number of pyridine rings is 1. The molecule has 2 amide bonds. The van der Waals surface area contributed by atoms with Gasteiger partial charge >= 0.3 is 6.09 Å². The summed E-state index contributed by atoms with van der Waals surface area (Å²) in [7, 11) is 0. The highest BCUT2D eigenvalue weighted by Gasteiger charge is 2.30. The molecule has 7 heteroatoms. The molecule has 148 valence electrons. The monoisotopic (exact) mass is 401 g/mol. The number of amides is 2. The van der Waals surface area contributed by atoms with Crippen molar-refractivity contribution in [1.82, 2.24) is 4.98 Å². The average Bonchev–Trinajstić information content (AvgIpc) is 2.59. The fraction of sp³-hybridized carbons (Fsp3) is 0.381. The van der Waals surface area contributed by atoms with Gasteiger partial charge in [0.25, 0.3) is 0 Å². The molecule has 1 aliphatic heterocycles. The molecule has 1 aliphatic rings. The largest absolute Gasteiger partial charge is 0.444 e. The first-order chi connectivity index (χ1) is 13.1. The number of ether oxygens (including phenoxy) is 1.